The number of benzene rings is 5. The highest BCUT2D eigenvalue weighted by molar-refractivity contribution is 7.25. The van der Waals surface area contributed by atoms with Crippen molar-refractivity contribution in [2.45, 2.75) is 0 Å². The lowest BCUT2D eigenvalue weighted by Crippen LogP contribution is -2.09. The Morgan fingerprint density at radius 3 is 1.55 bits per heavy atom. The van der Waals surface area contributed by atoms with Crippen molar-refractivity contribution in [2.75, 3.05) is 4.90 Å². The maximum absolute atomic E-state index is 4.63. The Balaban J connectivity index is 1.34. The van der Waals surface area contributed by atoms with E-state index in [0.717, 1.165) is 22.6 Å². The van der Waals surface area contributed by atoms with Crippen molar-refractivity contribution in [1.82, 2.24) is 4.98 Å². The molecule has 3 heteroatoms. The molecule has 2 heterocycles. The Morgan fingerprint density at radius 2 is 0.974 bits per heavy atom. The van der Waals surface area contributed by atoms with Crippen LogP contribution < -0.4 is 4.90 Å². The van der Waals surface area contributed by atoms with Gasteiger partial charge in [-0.1, -0.05) is 84.9 Å². The minimum atomic E-state index is 1.07. The van der Waals surface area contributed by atoms with Gasteiger partial charge in [0.15, 0.2) is 0 Å². The summed E-state index contributed by atoms with van der Waals surface area (Å²) in [5.41, 5.74) is 9.30. The van der Waals surface area contributed by atoms with Crippen molar-refractivity contribution >= 4 is 48.7 Å². The lowest BCUT2D eigenvalue weighted by atomic mass is 10.0. The van der Waals surface area contributed by atoms with E-state index in [1.165, 1.54) is 37.0 Å². The van der Waals surface area contributed by atoms with E-state index < -0.39 is 0 Å². The number of rotatable bonds is 5. The predicted molar refractivity (Wildman–Crippen MR) is 163 cm³/mol. The monoisotopic (exact) mass is 504 g/mol. The van der Waals surface area contributed by atoms with Crippen molar-refractivity contribution in [1.29, 1.82) is 0 Å². The third-order valence-corrected chi connectivity index (χ3v) is 8.04. The van der Waals surface area contributed by atoms with Gasteiger partial charge in [0.1, 0.15) is 0 Å². The van der Waals surface area contributed by atoms with Gasteiger partial charge in [0.2, 0.25) is 0 Å². The van der Waals surface area contributed by atoms with Gasteiger partial charge in [-0.2, -0.15) is 0 Å². The molecule has 38 heavy (non-hydrogen) atoms. The van der Waals surface area contributed by atoms with E-state index in [-0.39, 0.29) is 0 Å². The number of hydrogen-bond acceptors (Lipinski definition) is 3. The van der Waals surface area contributed by atoms with Crippen LogP contribution in [0, 0.1) is 0 Å². The minimum Gasteiger partial charge on any atom is -0.310 e. The molecule has 5 aromatic carbocycles. The Hall–Kier alpha value is -4.73. The number of fused-ring (bicyclic) bond motifs is 3. The lowest BCUT2D eigenvalue weighted by molar-refractivity contribution is 1.29. The number of aromatic nitrogens is 1. The van der Waals surface area contributed by atoms with Crippen molar-refractivity contribution in [3.8, 4) is 22.3 Å². The quantitative estimate of drug-likeness (QED) is 0.232. The predicted octanol–water partition coefficient (Wildman–Crippen LogP) is 10.3. The van der Waals surface area contributed by atoms with Gasteiger partial charge >= 0.3 is 0 Å². The summed E-state index contributed by atoms with van der Waals surface area (Å²) in [6.45, 7) is 0. The number of thiophene rings is 1. The van der Waals surface area contributed by atoms with Crippen LogP contribution >= 0.6 is 11.3 Å². The highest BCUT2D eigenvalue weighted by Crippen LogP contribution is 2.40. The van der Waals surface area contributed by atoms with E-state index in [1.807, 2.05) is 12.3 Å². The summed E-state index contributed by atoms with van der Waals surface area (Å²) in [5.74, 6) is 0. The molecule has 2 aromatic heterocycles. The standard InChI is InChI=1S/C35H24N2S/c1-3-8-25(9-4-1)27-13-17-29(18-14-27)37(30-19-15-28(16-20-30)26-10-5-2-6-11-26)31-21-22-32-34(24-31)38-33-12-7-23-36-35(32)33/h1-24H. The molecule has 0 radical (unpaired) electrons. The maximum Gasteiger partial charge on any atom is 0.0888 e. The van der Waals surface area contributed by atoms with Crippen LogP contribution in [0.1, 0.15) is 0 Å². The summed E-state index contributed by atoms with van der Waals surface area (Å²) >= 11 is 1.79. The van der Waals surface area contributed by atoms with Gasteiger partial charge in [-0.05, 0) is 76.9 Å². The Morgan fingerprint density at radius 1 is 0.447 bits per heavy atom. The molecule has 0 bridgehead atoms. The third kappa shape index (κ3) is 4.13. The van der Waals surface area contributed by atoms with Crippen molar-refractivity contribution in [2.24, 2.45) is 0 Å². The smallest absolute Gasteiger partial charge is 0.0888 e. The van der Waals surface area contributed by atoms with E-state index in [4.69, 9.17) is 0 Å². The topological polar surface area (TPSA) is 16.1 Å². The van der Waals surface area contributed by atoms with E-state index in [2.05, 4.69) is 143 Å². The average Bonchev–Trinajstić information content (AvgIpc) is 3.37. The maximum atomic E-state index is 4.63. The number of pyridine rings is 1. The molecule has 0 saturated heterocycles. The molecule has 0 N–H and O–H groups in total. The molecule has 7 aromatic rings. The Kier molecular flexibility index (Phi) is 5.69. The zero-order valence-electron chi connectivity index (χ0n) is 20.7. The van der Waals surface area contributed by atoms with Crippen LogP contribution in [0.15, 0.2) is 146 Å². The second-order valence-electron chi connectivity index (χ2n) is 9.29. The van der Waals surface area contributed by atoms with Gasteiger partial charge in [0.05, 0.1) is 10.2 Å². The van der Waals surface area contributed by atoms with Crippen LogP contribution in [0.5, 0.6) is 0 Å². The first kappa shape index (κ1) is 22.5. The fraction of sp³-hybridized carbons (Fsp3) is 0. The summed E-state index contributed by atoms with van der Waals surface area (Å²) in [7, 11) is 0. The molecule has 0 spiro atoms. The summed E-state index contributed by atoms with van der Waals surface area (Å²) < 4.78 is 2.45. The van der Waals surface area contributed by atoms with Crippen LogP contribution in [0.3, 0.4) is 0 Å². The van der Waals surface area contributed by atoms with Gasteiger partial charge in [0.25, 0.3) is 0 Å². The molecule has 7 rings (SSSR count). The summed E-state index contributed by atoms with van der Waals surface area (Å²) in [6.07, 6.45) is 1.87. The number of nitrogens with zero attached hydrogens (tertiary/aromatic N) is 2. The third-order valence-electron chi connectivity index (χ3n) is 6.93. The molecule has 0 fully saturated rings. The van der Waals surface area contributed by atoms with Gasteiger partial charge in [-0.25, -0.2) is 0 Å². The summed E-state index contributed by atoms with van der Waals surface area (Å²) in [5, 5.41) is 1.20. The van der Waals surface area contributed by atoms with Gasteiger partial charge in [0, 0.05) is 33.3 Å². The van der Waals surface area contributed by atoms with E-state index in [9.17, 15) is 0 Å². The second-order valence-corrected chi connectivity index (χ2v) is 10.4. The van der Waals surface area contributed by atoms with Gasteiger partial charge < -0.3 is 4.90 Å². The summed E-state index contributed by atoms with van der Waals surface area (Å²) in [6, 6.07) is 49.6. The molecule has 2 nitrogen and oxygen atoms in total. The fourth-order valence-corrected chi connectivity index (χ4v) is 6.14. The molecule has 0 unspecified atom stereocenters. The lowest BCUT2D eigenvalue weighted by Gasteiger charge is -2.26. The normalized spacial score (nSPS) is 11.2. The minimum absolute atomic E-state index is 1.07. The molecule has 0 aliphatic heterocycles. The average molecular weight is 505 g/mol. The van der Waals surface area contributed by atoms with E-state index >= 15 is 0 Å². The Bertz CT molecular complexity index is 1760. The van der Waals surface area contributed by atoms with E-state index in [0.29, 0.717) is 0 Å². The van der Waals surface area contributed by atoms with E-state index in [1.54, 1.807) is 11.3 Å². The van der Waals surface area contributed by atoms with Crippen LogP contribution in [-0.4, -0.2) is 4.98 Å². The SMILES string of the molecule is c1ccc(-c2ccc(N(c3ccc(-c4ccccc4)cc3)c3ccc4c(c3)sc3cccnc34)cc2)cc1. The highest BCUT2D eigenvalue weighted by atomic mass is 32.1. The van der Waals surface area contributed by atoms with Crippen LogP contribution in [0.2, 0.25) is 0 Å². The van der Waals surface area contributed by atoms with Gasteiger partial charge in [-0.3, -0.25) is 4.98 Å². The van der Waals surface area contributed by atoms with Crippen molar-refractivity contribution < 1.29 is 0 Å². The largest absolute Gasteiger partial charge is 0.310 e. The molecule has 0 amide bonds. The zero-order chi connectivity index (χ0) is 25.3. The van der Waals surface area contributed by atoms with Crippen molar-refractivity contribution in [3.05, 3.63) is 146 Å². The molecule has 0 aliphatic rings. The van der Waals surface area contributed by atoms with Crippen LogP contribution in [0.25, 0.3) is 42.6 Å². The second kappa shape index (κ2) is 9.62. The molecule has 0 aliphatic carbocycles. The molecule has 0 atom stereocenters. The fourth-order valence-electron chi connectivity index (χ4n) is 5.04. The first-order valence-corrected chi connectivity index (χ1v) is 13.5. The Labute approximate surface area is 226 Å². The van der Waals surface area contributed by atoms with Crippen molar-refractivity contribution in [3.63, 3.8) is 0 Å². The van der Waals surface area contributed by atoms with Crippen LogP contribution in [-0.2, 0) is 0 Å². The summed E-state index contributed by atoms with van der Waals surface area (Å²) in [4.78, 5) is 6.97. The molecule has 0 saturated carbocycles. The first-order valence-electron chi connectivity index (χ1n) is 12.7. The highest BCUT2D eigenvalue weighted by Gasteiger charge is 2.15. The number of hydrogen-bond donors (Lipinski definition) is 0. The zero-order valence-corrected chi connectivity index (χ0v) is 21.5. The van der Waals surface area contributed by atoms with Gasteiger partial charge in [-0.15, -0.1) is 11.3 Å². The first-order chi connectivity index (χ1) is 18.8. The molecular weight excluding hydrogens is 480 g/mol. The molecular formula is C35H24N2S. The molecule has 180 valence electrons. The van der Waals surface area contributed by atoms with Crippen LogP contribution in [0.4, 0.5) is 17.1 Å². The number of anilines is 3.